The standard InChI is InChI=1S/C24H30ClN5O3S/c1-15(17-6-5-9-30(14-17)34(4,32)33)29-22-19-10-16(7-8-21(19)26-13-20(22)25)18-11-27-23(28-12-18)24(2,3)31/h7-8,10-13,15,17,31H,5-6,9,14H2,1-4H3,(H,26,29)/t15?,17-/m0/s1. The number of anilines is 1. The molecule has 3 aromatic rings. The lowest BCUT2D eigenvalue weighted by atomic mass is 9.92. The normalized spacial score (nSPS) is 18.7. The molecule has 0 aliphatic carbocycles. The molecule has 1 saturated heterocycles. The van der Waals surface area contributed by atoms with Crippen molar-refractivity contribution in [2.24, 2.45) is 5.92 Å². The monoisotopic (exact) mass is 503 g/mol. The van der Waals surface area contributed by atoms with E-state index in [4.69, 9.17) is 11.6 Å². The Hall–Kier alpha value is -2.33. The van der Waals surface area contributed by atoms with Crippen molar-refractivity contribution in [3.63, 3.8) is 0 Å². The van der Waals surface area contributed by atoms with Gasteiger partial charge in [0.05, 0.1) is 22.5 Å². The van der Waals surface area contributed by atoms with Crippen LogP contribution >= 0.6 is 11.6 Å². The molecule has 3 heterocycles. The van der Waals surface area contributed by atoms with Crippen molar-refractivity contribution in [1.29, 1.82) is 0 Å². The summed E-state index contributed by atoms with van der Waals surface area (Å²) in [6.45, 7) is 6.41. The number of fused-ring (bicyclic) bond motifs is 1. The van der Waals surface area contributed by atoms with Crippen LogP contribution in [0.5, 0.6) is 0 Å². The molecular weight excluding hydrogens is 474 g/mol. The van der Waals surface area contributed by atoms with Crippen LogP contribution in [-0.2, 0) is 15.6 Å². The van der Waals surface area contributed by atoms with Gasteiger partial charge >= 0.3 is 0 Å². The summed E-state index contributed by atoms with van der Waals surface area (Å²) in [5.74, 6) is 0.516. The van der Waals surface area contributed by atoms with Gasteiger partial charge in [0.1, 0.15) is 5.60 Å². The number of halogens is 1. The molecule has 2 N–H and O–H groups in total. The molecule has 10 heteroatoms. The third-order valence-electron chi connectivity index (χ3n) is 6.32. The van der Waals surface area contributed by atoms with Gasteiger partial charge in [-0.25, -0.2) is 22.7 Å². The molecule has 182 valence electrons. The Kier molecular flexibility index (Phi) is 6.83. The van der Waals surface area contributed by atoms with Gasteiger partial charge in [-0.2, -0.15) is 0 Å². The topological polar surface area (TPSA) is 108 Å². The Balaban J connectivity index is 1.64. The fourth-order valence-corrected chi connectivity index (χ4v) is 5.44. The van der Waals surface area contributed by atoms with Crippen LogP contribution in [0.25, 0.3) is 22.0 Å². The average Bonchev–Trinajstić information content (AvgIpc) is 2.79. The number of piperidine rings is 1. The molecule has 0 saturated carbocycles. The summed E-state index contributed by atoms with van der Waals surface area (Å²) in [5.41, 5.74) is 2.16. The zero-order chi connectivity index (χ0) is 24.7. The van der Waals surface area contributed by atoms with E-state index in [9.17, 15) is 13.5 Å². The van der Waals surface area contributed by atoms with E-state index in [0.717, 1.165) is 40.6 Å². The second-order valence-electron chi connectivity index (χ2n) is 9.52. The molecule has 8 nitrogen and oxygen atoms in total. The summed E-state index contributed by atoms with van der Waals surface area (Å²) in [5, 5.41) is 15.0. The van der Waals surface area contributed by atoms with Crippen molar-refractivity contribution < 1.29 is 13.5 Å². The Bertz CT molecular complexity index is 1290. The maximum absolute atomic E-state index is 12.0. The summed E-state index contributed by atoms with van der Waals surface area (Å²) in [7, 11) is -3.21. The molecule has 1 aliphatic rings. The van der Waals surface area contributed by atoms with Crippen LogP contribution in [0.3, 0.4) is 0 Å². The third kappa shape index (κ3) is 5.33. The van der Waals surface area contributed by atoms with Gasteiger partial charge in [0, 0.05) is 48.7 Å². The molecule has 2 aromatic heterocycles. The lowest BCUT2D eigenvalue weighted by Crippen LogP contribution is -2.44. The van der Waals surface area contributed by atoms with Gasteiger partial charge in [0.25, 0.3) is 0 Å². The SMILES string of the molecule is CC(Nc1c(Cl)cnc2ccc(-c3cnc(C(C)(C)O)nc3)cc12)[C@H]1CCCN(S(C)(=O)=O)C1. The summed E-state index contributed by atoms with van der Waals surface area (Å²) in [6, 6.07) is 5.87. The molecule has 1 unspecified atom stereocenters. The molecule has 1 fully saturated rings. The fraction of sp³-hybridized carbons (Fsp3) is 0.458. The second-order valence-corrected chi connectivity index (χ2v) is 11.9. The highest BCUT2D eigenvalue weighted by Crippen LogP contribution is 2.35. The molecule has 0 amide bonds. The number of aromatic nitrogens is 3. The number of hydrogen-bond donors (Lipinski definition) is 2. The first-order chi connectivity index (χ1) is 15.9. The Labute approximate surface area is 205 Å². The third-order valence-corrected chi connectivity index (χ3v) is 7.88. The molecule has 34 heavy (non-hydrogen) atoms. The second kappa shape index (κ2) is 9.37. The zero-order valence-electron chi connectivity index (χ0n) is 19.8. The first kappa shape index (κ1) is 24.8. The molecule has 0 radical (unpaired) electrons. The molecular formula is C24H30ClN5O3S. The first-order valence-corrected chi connectivity index (χ1v) is 13.5. The minimum Gasteiger partial charge on any atom is -0.382 e. The van der Waals surface area contributed by atoms with Crippen LogP contribution in [0.1, 0.15) is 39.4 Å². The highest BCUT2D eigenvalue weighted by Gasteiger charge is 2.29. The van der Waals surface area contributed by atoms with Crippen molar-refractivity contribution in [3.8, 4) is 11.1 Å². The highest BCUT2D eigenvalue weighted by atomic mass is 35.5. The number of pyridine rings is 1. The van der Waals surface area contributed by atoms with E-state index < -0.39 is 15.6 Å². The summed E-state index contributed by atoms with van der Waals surface area (Å²) < 4.78 is 25.6. The van der Waals surface area contributed by atoms with Crippen LogP contribution in [0.4, 0.5) is 5.69 Å². The predicted molar refractivity (Wildman–Crippen MR) is 135 cm³/mol. The van der Waals surface area contributed by atoms with Crippen molar-refractivity contribution in [1.82, 2.24) is 19.3 Å². The number of rotatable bonds is 6. The Morgan fingerprint density at radius 1 is 1.18 bits per heavy atom. The van der Waals surface area contributed by atoms with Crippen LogP contribution in [0.2, 0.25) is 5.02 Å². The molecule has 1 aliphatic heterocycles. The largest absolute Gasteiger partial charge is 0.382 e. The molecule has 1 aromatic carbocycles. The smallest absolute Gasteiger partial charge is 0.211 e. The lowest BCUT2D eigenvalue weighted by molar-refractivity contribution is 0.0687. The van der Waals surface area contributed by atoms with E-state index in [-0.39, 0.29) is 12.0 Å². The maximum atomic E-state index is 12.0. The van der Waals surface area contributed by atoms with Gasteiger partial charge in [0.2, 0.25) is 10.0 Å². The Morgan fingerprint density at radius 2 is 1.88 bits per heavy atom. The van der Waals surface area contributed by atoms with Gasteiger partial charge in [-0.3, -0.25) is 4.98 Å². The van der Waals surface area contributed by atoms with Crippen LogP contribution < -0.4 is 5.32 Å². The summed E-state index contributed by atoms with van der Waals surface area (Å²) in [4.78, 5) is 13.1. The van der Waals surface area contributed by atoms with E-state index in [1.165, 1.54) is 6.26 Å². The average molecular weight is 504 g/mol. The number of aliphatic hydroxyl groups is 1. The van der Waals surface area contributed by atoms with Gasteiger partial charge < -0.3 is 10.4 Å². The quantitative estimate of drug-likeness (QED) is 0.522. The molecule has 0 spiro atoms. The van der Waals surface area contributed by atoms with E-state index in [2.05, 4.69) is 27.2 Å². The van der Waals surface area contributed by atoms with E-state index in [1.54, 1.807) is 36.7 Å². The van der Waals surface area contributed by atoms with Crippen molar-refractivity contribution in [3.05, 3.63) is 47.6 Å². The number of nitrogens with zero attached hydrogens (tertiary/aromatic N) is 4. The lowest BCUT2D eigenvalue weighted by Gasteiger charge is -2.35. The van der Waals surface area contributed by atoms with Gasteiger partial charge in [-0.05, 0) is 57.2 Å². The summed E-state index contributed by atoms with van der Waals surface area (Å²) >= 11 is 6.57. The van der Waals surface area contributed by atoms with Gasteiger partial charge in [-0.15, -0.1) is 0 Å². The van der Waals surface area contributed by atoms with Crippen LogP contribution in [0, 0.1) is 5.92 Å². The summed E-state index contributed by atoms with van der Waals surface area (Å²) in [6.07, 6.45) is 8.05. The maximum Gasteiger partial charge on any atom is 0.211 e. The molecule has 0 bridgehead atoms. The minimum absolute atomic E-state index is 0.00529. The van der Waals surface area contributed by atoms with Crippen LogP contribution in [-0.4, -0.2) is 58.2 Å². The number of sulfonamides is 1. The van der Waals surface area contributed by atoms with Crippen molar-refractivity contribution in [2.45, 2.75) is 45.3 Å². The van der Waals surface area contributed by atoms with Gasteiger partial charge in [-0.1, -0.05) is 17.7 Å². The highest BCUT2D eigenvalue weighted by molar-refractivity contribution is 7.88. The Morgan fingerprint density at radius 3 is 2.53 bits per heavy atom. The first-order valence-electron chi connectivity index (χ1n) is 11.3. The van der Waals surface area contributed by atoms with E-state index in [1.807, 2.05) is 18.2 Å². The predicted octanol–water partition coefficient (Wildman–Crippen LogP) is 4.04. The number of benzene rings is 1. The van der Waals surface area contributed by atoms with Gasteiger partial charge in [0.15, 0.2) is 5.82 Å². The van der Waals surface area contributed by atoms with Crippen molar-refractivity contribution >= 4 is 38.2 Å². The molecule has 4 rings (SSSR count). The fourth-order valence-electron chi connectivity index (χ4n) is 4.32. The van der Waals surface area contributed by atoms with E-state index >= 15 is 0 Å². The minimum atomic E-state index is -3.21. The van der Waals surface area contributed by atoms with Crippen LogP contribution in [0.15, 0.2) is 36.8 Å². The zero-order valence-corrected chi connectivity index (χ0v) is 21.4. The van der Waals surface area contributed by atoms with Crippen molar-refractivity contribution in [2.75, 3.05) is 24.7 Å². The number of hydrogen-bond acceptors (Lipinski definition) is 7. The van der Waals surface area contributed by atoms with E-state index in [0.29, 0.717) is 23.9 Å². The number of nitrogens with one attached hydrogen (secondary N) is 1. The molecule has 2 atom stereocenters.